The third kappa shape index (κ3) is 4.20. The normalized spacial score (nSPS) is 17.9. The van der Waals surface area contributed by atoms with E-state index in [1.54, 1.807) is 0 Å². The van der Waals surface area contributed by atoms with E-state index in [-0.39, 0.29) is 12.3 Å². The maximum atomic E-state index is 12.0. The number of hydrogen-bond acceptors (Lipinski definition) is 3. The van der Waals surface area contributed by atoms with Gasteiger partial charge in [-0.2, -0.15) is 0 Å². The number of aliphatic carboxylic acids is 1. The predicted octanol–water partition coefficient (Wildman–Crippen LogP) is 1.87. The van der Waals surface area contributed by atoms with Gasteiger partial charge >= 0.3 is 5.97 Å². The average Bonchev–Trinajstić information content (AvgIpc) is 2.96. The second-order valence-corrected chi connectivity index (χ2v) is 5.87. The minimum atomic E-state index is -0.916. The lowest BCUT2D eigenvalue weighted by molar-refractivity contribution is -0.152. The fourth-order valence-electron chi connectivity index (χ4n) is 2.82. The number of amides is 1. The molecular weight excluding hydrogens is 256 g/mol. The zero-order chi connectivity index (χ0) is 15.2. The zero-order valence-corrected chi connectivity index (χ0v) is 12.9. The highest BCUT2D eigenvalue weighted by Gasteiger charge is 2.37. The second kappa shape index (κ2) is 7.62. The van der Waals surface area contributed by atoms with Crippen molar-refractivity contribution >= 4 is 11.9 Å². The van der Waals surface area contributed by atoms with Gasteiger partial charge in [0.25, 0.3) is 0 Å². The molecule has 2 N–H and O–H groups in total. The first-order valence-electron chi connectivity index (χ1n) is 7.69. The van der Waals surface area contributed by atoms with Crippen LogP contribution in [0.25, 0.3) is 0 Å². The largest absolute Gasteiger partial charge is 0.481 e. The van der Waals surface area contributed by atoms with Crippen molar-refractivity contribution in [1.82, 2.24) is 10.2 Å². The first-order valence-corrected chi connectivity index (χ1v) is 7.69. The molecule has 1 aliphatic rings. The highest BCUT2D eigenvalue weighted by atomic mass is 16.4. The van der Waals surface area contributed by atoms with Crippen molar-refractivity contribution in [2.24, 2.45) is 5.41 Å². The summed E-state index contributed by atoms with van der Waals surface area (Å²) in [4.78, 5) is 25.8. The molecule has 0 radical (unpaired) electrons. The number of carboxylic acids is 1. The molecule has 5 heteroatoms. The lowest BCUT2D eigenvalue weighted by atomic mass is 9.79. The number of likely N-dealkylation sites (tertiary alicyclic amines) is 1. The van der Waals surface area contributed by atoms with Gasteiger partial charge in [0.2, 0.25) is 5.91 Å². The van der Waals surface area contributed by atoms with E-state index in [1.165, 1.54) is 12.8 Å². The summed E-state index contributed by atoms with van der Waals surface area (Å²) in [5.41, 5.74) is -0.916. The molecule has 20 heavy (non-hydrogen) atoms. The van der Waals surface area contributed by atoms with Crippen LogP contribution in [0.4, 0.5) is 0 Å². The van der Waals surface area contributed by atoms with Crippen LogP contribution in [0.5, 0.6) is 0 Å². The maximum absolute atomic E-state index is 12.0. The summed E-state index contributed by atoms with van der Waals surface area (Å²) in [5, 5.41) is 12.2. The summed E-state index contributed by atoms with van der Waals surface area (Å²) >= 11 is 0. The van der Waals surface area contributed by atoms with Gasteiger partial charge in [0, 0.05) is 19.0 Å². The van der Waals surface area contributed by atoms with Crippen molar-refractivity contribution in [2.45, 2.75) is 58.9 Å². The smallest absolute Gasteiger partial charge is 0.310 e. The van der Waals surface area contributed by atoms with Crippen LogP contribution in [0.15, 0.2) is 0 Å². The van der Waals surface area contributed by atoms with Crippen molar-refractivity contribution in [3.8, 4) is 0 Å². The molecule has 1 heterocycles. The minimum absolute atomic E-state index is 0.0715. The molecule has 116 valence electrons. The minimum Gasteiger partial charge on any atom is -0.481 e. The first-order chi connectivity index (χ1) is 9.45. The molecule has 1 fully saturated rings. The Bertz CT molecular complexity index is 334. The van der Waals surface area contributed by atoms with E-state index >= 15 is 0 Å². The van der Waals surface area contributed by atoms with E-state index < -0.39 is 11.4 Å². The Morgan fingerprint density at radius 2 is 1.80 bits per heavy atom. The zero-order valence-electron chi connectivity index (χ0n) is 12.9. The topological polar surface area (TPSA) is 69.6 Å². The Hall–Kier alpha value is -1.10. The van der Waals surface area contributed by atoms with Gasteiger partial charge in [0.15, 0.2) is 0 Å². The SMILES string of the molecule is CCC(CC)(CC(=O)NCC(C)N1CCCC1)C(=O)O. The molecule has 0 aromatic carbocycles. The molecule has 1 amide bonds. The van der Waals surface area contributed by atoms with Gasteiger partial charge in [0.05, 0.1) is 5.41 Å². The number of carbonyl (C=O) groups excluding carboxylic acids is 1. The standard InChI is InChI=1S/C15H28N2O3/c1-4-15(5-2,14(19)20)10-13(18)16-11-12(3)17-8-6-7-9-17/h12H,4-11H2,1-3H3,(H,16,18)(H,19,20). The summed E-state index contributed by atoms with van der Waals surface area (Å²) in [6.07, 6.45) is 3.49. The van der Waals surface area contributed by atoms with E-state index in [0.29, 0.717) is 25.4 Å². The molecule has 0 spiro atoms. The number of rotatable bonds is 8. The van der Waals surface area contributed by atoms with E-state index in [4.69, 9.17) is 0 Å². The van der Waals surface area contributed by atoms with Crippen LogP contribution in [0.3, 0.4) is 0 Å². The Morgan fingerprint density at radius 3 is 2.25 bits per heavy atom. The van der Waals surface area contributed by atoms with Crippen molar-refractivity contribution in [3.05, 3.63) is 0 Å². The van der Waals surface area contributed by atoms with Gasteiger partial charge in [-0.3, -0.25) is 14.5 Å². The fraction of sp³-hybridized carbons (Fsp3) is 0.867. The van der Waals surface area contributed by atoms with Crippen molar-refractivity contribution in [2.75, 3.05) is 19.6 Å². The molecule has 0 aliphatic carbocycles. The van der Waals surface area contributed by atoms with Gasteiger partial charge < -0.3 is 10.4 Å². The molecule has 1 rings (SSSR count). The van der Waals surface area contributed by atoms with Crippen LogP contribution >= 0.6 is 0 Å². The number of carboxylic acid groups (broad SMARTS) is 1. The highest BCUT2D eigenvalue weighted by molar-refractivity contribution is 5.84. The molecule has 1 unspecified atom stereocenters. The number of carbonyl (C=O) groups is 2. The summed E-state index contributed by atoms with van der Waals surface area (Å²) in [7, 11) is 0. The van der Waals surface area contributed by atoms with Gasteiger partial charge in [-0.1, -0.05) is 13.8 Å². The number of hydrogen-bond donors (Lipinski definition) is 2. The molecule has 1 saturated heterocycles. The van der Waals surface area contributed by atoms with Crippen LogP contribution in [-0.2, 0) is 9.59 Å². The fourth-order valence-corrected chi connectivity index (χ4v) is 2.82. The van der Waals surface area contributed by atoms with Crippen LogP contribution in [0, 0.1) is 5.41 Å². The second-order valence-electron chi connectivity index (χ2n) is 5.87. The Balaban J connectivity index is 2.43. The monoisotopic (exact) mass is 284 g/mol. The predicted molar refractivity (Wildman–Crippen MR) is 78.5 cm³/mol. The van der Waals surface area contributed by atoms with E-state index in [9.17, 15) is 14.7 Å². The molecule has 5 nitrogen and oxygen atoms in total. The lowest BCUT2D eigenvalue weighted by Crippen LogP contribution is -2.43. The molecule has 0 aromatic heterocycles. The van der Waals surface area contributed by atoms with E-state index in [2.05, 4.69) is 17.1 Å². The van der Waals surface area contributed by atoms with Crippen LogP contribution in [0.1, 0.15) is 52.9 Å². The third-order valence-corrected chi connectivity index (χ3v) is 4.66. The van der Waals surface area contributed by atoms with Gasteiger partial charge in [-0.25, -0.2) is 0 Å². The quantitative estimate of drug-likeness (QED) is 0.714. The Morgan fingerprint density at radius 1 is 1.25 bits per heavy atom. The molecule has 1 atom stereocenters. The van der Waals surface area contributed by atoms with Gasteiger partial charge in [-0.15, -0.1) is 0 Å². The van der Waals surface area contributed by atoms with Crippen LogP contribution < -0.4 is 5.32 Å². The maximum Gasteiger partial charge on any atom is 0.310 e. The molecular formula is C15H28N2O3. The molecule has 1 aliphatic heterocycles. The first kappa shape index (κ1) is 17.0. The lowest BCUT2D eigenvalue weighted by Gasteiger charge is -2.27. The number of nitrogens with one attached hydrogen (secondary N) is 1. The molecule has 0 aromatic rings. The highest BCUT2D eigenvalue weighted by Crippen LogP contribution is 2.30. The summed E-state index contributed by atoms with van der Waals surface area (Å²) < 4.78 is 0. The molecule has 0 bridgehead atoms. The summed E-state index contributed by atoms with van der Waals surface area (Å²) in [6, 6.07) is 0.323. The van der Waals surface area contributed by atoms with Crippen molar-refractivity contribution in [3.63, 3.8) is 0 Å². The van der Waals surface area contributed by atoms with Gasteiger partial charge in [0.1, 0.15) is 0 Å². The number of nitrogens with zero attached hydrogens (tertiary/aromatic N) is 1. The molecule has 0 saturated carbocycles. The Kier molecular flexibility index (Phi) is 6.46. The van der Waals surface area contributed by atoms with Crippen LogP contribution in [-0.4, -0.2) is 47.6 Å². The van der Waals surface area contributed by atoms with Crippen molar-refractivity contribution < 1.29 is 14.7 Å². The average molecular weight is 284 g/mol. The van der Waals surface area contributed by atoms with Gasteiger partial charge in [-0.05, 0) is 45.7 Å². The summed E-state index contributed by atoms with van der Waals surface area (Å²) in [5.74, 6) is -1.02. The van der Waals surface area contributed by atoms with Crippen LogP contribution in [0.2, 0.25) is 0 Å². The van der Waals surface area contributed by atoms with Crippen molar-refractivity contribution in [1.29, 1.82) is 0 Å². The Labute approximate surface area is 121 Å². The summed E-state index contributed by atoms with van der Waals surface area (Å²) in [6.45, 7) is 8.56. The third-order valence-electron chi connectivity index (χ3n) is 4.66. The van der Waals surface area contributed by atoms with E-state index in [0.717, 1.165) is 13.1 Å². The van der Waals surface area contributed by atoms with E-state index in [1.807, 2.05) is 13.8 Å².